The van der Waals surface area contributed by atoms with Crippen LogP contribution in [0.1, 0.15) is 81.1 Å². The van der Waals surface area contributed by atoms with Crippen molar-refractivity contribution in [3.05, 3.63) is 0 Å². The topological polar surface area (TPSA) is 130 Å². The van der Waals surface area contributed by atoms with Gasteiger partial charge in [-0.1, -0.05) is 34.6 Å². The van der Waals surface area contributed by atoms with Gasteiger partial charge in [-0.2, -0.15) is 0 Å². The predicted molar refractivity (Wildman–Crippen MR) is 154 cm³/mol. The first-order valence-electron chi connectivity index (χ1n) is 15.3. The molecule has 0 aliphatic carbocycles. The molecule has 11 nitrogen and oxygen atoms in total. The van der Waals surface area contributed by atoms with Crippen LogP contribution in [0.15, 0.2) is 0 Å². The summed E-state index contributed by atoms with van der Waals surface area (Å²) in [6.07, 6.45) is -3.62. The largest absolute Gasteiger partial charge is 0.509 e. The molecule has 0 radical (unpaired) electrons. The standard InChI is InChI=1S/C31H53NO10/c1-12-22-31(8)26(41-29(36)42-31)20(6)23(33)18(4)15-30(7,37-11)25(16(2)13-17(3)27(35)39-22)40-28-24(34)21(32(9)10)14-19(5)38-28/h16-22,24-26,28,34H,12-15H2,1-11H3/t16-,17+,18+,19+,20+,21-,22-,24+,25+,26?,28-,30-,31+/m0/s1. The highest BCUT2D eigenvalue weighted by atomic mass is 16.8. The van der Waals surface area contributed by atoms with Crippen molar-refractivity contribution in [3.8, 4) is 0 Å². The van der Waals surface area contributed by atoms with E-state index in [0.717, 1.165) is 0 Å². The van der Waals surface area contributed by atoms with Crippen LogP contribution in [0.2, 0.25) is 0 Å². The maximum Gasteiger partial charge on any atom is 0.509 e. The summed E-state index contributed by atoms with van der Waals surface area (Å²) >= 11 is 0. The molecule has 0 bridgehead atoms. The lowest BCUT2D eigenvalue weighted by Gasteiger charge is -2.47. The minimum Gasteiger partial charge on any atom is -0.458 e. The average molecular weight is 600 g/mol. The van der Waals surface area contributed by atoms with Crippen molar-refractivity contribution in [3.63, 3.8) is 0 Å². The second-order valence-corrected chi connectivity index (χ2v) is 13.5. The van der Waals surface area contributed by atoms with Crippen LogP contribution in [-0.2, 0) is 38.0 Å². The molecule has 0 aromatic rings. The van der Waals surface area contributed by atoms with Crippen LogP contribution in [-0.4, -0.2) is 103 Å². The molecule has 13 atom stereocenters. The molecular weight excluding hydrogens is 546 g/mol. The van der Waals surface area contributed by atoms with Crippen molar-refractivity contribution < 1.29 is 47.9 Å². The average Bonchev–Trinajstić information content (AvgIpc) is 3.24. The van der Waals surface area contributed by atoms with Crippen molar-refractivity contribution in [2.45, 2.75) is 135 Å². The van der Waals surface area contributed by atoms with E-state index in [-0.39, 0.29) is 30.3 Å². The number of hydrogen-bond donors (Lipinski definition) is 1. The monoisotopic (exact) mass is 599 g/mol. The summed E-state index contributed by atoms with van der Waals surface area (Å²) in [4.78, 5) is 41.7. The number of aliphatic hydroxyl groups is 1. The van der Waals surface area contributed by atoms with E-state index >= 15 is 0 Å². The Balaban J connectivity index is 2.03. The number of Topliss-reactive ketones (excluding diaryl/α,β-unsaturated/α-hetero) is 1. The van der Waals surface area contributed by atoms with Crippen molar-refractivity contribution >= 4 is 17.9 Å². The minimum absolute atomic E-state index is 0.138. The Morgan fingerprint density at radius 3 is 2.21 bits per heavy atom. The van der Waals surface area contributed by atoms with E-state index in [1.807, 2.05) is 53.6 Å². The Kier molecular flexibility index (Phi) is 11.1. The molecule has 242 valence electrons. The van der Waals surface area contributed by atoms with E-state index in [1.165, 1.54) is 0 Å². The lowest BCUT2D eigenvalue weighted by atomic mass is 9.74. The summed E-state index contributed by atoms with van der Waals surface area (Å²) < 4.78 is 36.0. The van der Waals surface area contributed by atoms with E-state index < -0.39 is 71.8 Å². The van der Waals surface area contributed by atoms with Gasteiger partial charge < -0.3 is 38.4 Å². The third-order valence-corrected chi connectivity index (χ3v) is 9.73. The zero-order valence-corrected chi connectivity index (χ0v) is 27.2. The normalized spacial score (nSPS) is 45.9. The molecule has 0 spiro atoms. The number of esters is 1. The van der Waals surface area contributed by atoms with Crippen LogP contribution < -0.4 is 0 Å². The van der Waals surface area contributed by atoms with Gasteiger partial charge in [0.15, 0.2) is 18.0 Å². The first-order chi connectivity index (χ1) is 19.5. The fourth-order valence-corrected chi connectivity index (χ4v) is 7.27. The Hall–Kier alpha value is -1.79. The second-order valence-electron chi connectivity index (χ2n) is 13.5. The number of rotatable bonds is 5. The molecule has 3 rings (SSSR count). The first kappa shape index (κ1) is 34.7. The third-order valence-electron chi connectivity index (χ3n) is 9.73. The number of ketones is 1. The highest BCUT2D eigenvalue weighted by Crippen LogP contribution is 2.42. The summed E-state index contributed by atoms with van der Waals surface area (Å²) in [5, 5.41) is 11.3. The van der Waals surface area contributed by atoms with Gasteiger partial charge in [-0.05, 0) is 66.5 Å². The molecule has 3 saturated heterocycles. The number of methoxy groups -OCH3 is 1. The molecule has 0 saturated carbocycles. The maximum absolute atomic E-state index is 13.9. The first-order valence-corrected chi connectivity index (χ1v) is 15.3. The van der Waals surface area contributed by atoms with E-state index in [9.17, 15) is 19.5 Å². The predicted octanol–water partition coefficient (Wildman–Crippen LogP) is 3.73. The molecule has 0 aromatic heterocycles. The smallest absolute Gasteiger partial charge is 0.458 e. The molecule has 42 heavy (non-hydrogen) atoms. The number of fused-ring (bicyclic) bond motifs is 1. The van der Waals surface area contributed by atoms with Gasteiger partial charge in [0.1, 0.15) is 18.0 Å². The fourth-order valence-electron chi connectivity index (χ4n) is 7.27. The van der Waals surface area contributed by atoms with Gasteiger partial charge in [0.2, 0.25) is 0 Å². The van der Waals surface area contributed by atoms with Gasteiger partial charge in [0, 0.05) is 19.1 Å². The van der Waals surface area contributed by atoms with Crippen molar-refractivity contribution in [1.29, 1.82) is 0 Å². The van der Waals surface area contributed by atoms with Crippen LogP contribution in [0.4, 0.5) is 4.79 Å². The number of aliphatic hydroxyl groups excluding tert-OH is 1. The molecule has 3 aliphatic heterocycles. The number of nitrogens with zero attached hydrogens (tertiary/aromatic N) is 1. The molecule has 1 unspecified atom stereocenters. The summed E-state index contributed by atoms with van der Waals surface area (Å²) in [5.74, 6) is -2.64. The van der Waals surface area contributed by atoms with Crippen molar-refractivity contribution in [2.24, 2.45) is 23.7 Å². The van der Waals surface area contributed by atoms with Crippen LogP contribution in [0.5, 0.6) is 0 Å². The lowest BCUT2D eigenvalue weighted by molar-refractivity contribution is -0.297. The summed E-state index contributed by atoms with van der Waals surface area (Å²) in [7, 11) is 5.40. The highest BCUT2D eigenvalue weighted by molar-refractivity contribution is 5.84. The third kappa shape index (κ3) is 6.96. The zero-order chi connectivity index (χ0) is 31.7. The summed E-state index contributed by atoms with van der Waals surface area (Å²) in [5.41, 5.74) is -2.33. The van der Waals surface area contributed by atoms with Gasteiger partial charge in [0.05, 0.1) is 29.6 Å². The van der Waals surface area contributed by atoms with Gasteiger partial charge in [0.25, 0.3) is 0 Å². The minimum atomic E-state index is -1.32. The highest BCUT2D eigenvalue weighted by Gasteiger charge is 2.58. The van der Waals surface area contributed by atoms with Gasteiger partial charge >= 0.3 is 12.1 Å². The van der Waals surface area contributed by atoms with E-state index in [1.54, 1.807) is 27.9 Å². The maximum atomic E-state index is 13.9. The number of ether oxygens (including phenoxy) is 6. The number of hydrogen-bond acceptors (Lipinski definition) is 11. The SMILES string of the molecule is CC[C@@H]1OC(=O)[C@H](C)C[C@H](C)[C@@H](O[C@@H]2O[C@H](C)C[C@H](N(C)C)[C@H]2O)[C@@](C)(OC)C[C@@H](C)C(=O)[C@@H](C)C2OC(=O)O[C@@]21C. The number of carbonyl (C=O) groups excluding carboxylic acids is 3. The molecular formula is C31H53NO10. The zero-order valence-electron chi connectivity index (χ0n) is 27.2. The van der Waals surface area contributed by atoms with E-state index in [2.05, 4.69) is 0 Å². The Labute approximate surface area is 250 Å². The molecule has 11 heteroatoms. The molecule has 1 N–H and O–H groups in total. The van der Waals surface area contributed by atoms with Gasteiger partial charge in [-0.3, -0.25) is 9.59 Å². The van der Waals surface area contributed by atoms with E-state index in [4.69, 9.17) is 28.4 Å². The second kappa shape index (κ2) is 13.5. The van der Waals surface area contributed by atoms with Crippen LogP contribution in [0.25, 0.3) is 0 Å². The molecule has 3 aliphatic rings. The summed E-state index contributed by atoms with van der Waals surface area (Å²) in [6, 6.07) is -0.173. The van der Waals surface area contributed by atoms with Gasteiger partial charge in [-0.25, -0.2) is 4.79 Å². The van der Waals surface area contributed by atoms with Crippen LogP contribution in [0.3, 0.4) is 0 Å². The Bertz CT molecular complexity index is 975. The van der Waals surface area contributed by atoms with Crippen molar-refractivity contribution in [2.75, 3.05) is 21.2 Å². The number of carbonyl (C=O) groups is 3. The van der Waals surface area contributed by atoms with Gasteiger partial charge in [-0.15, -0.1) is 0 Å². The number of likely N-dealkylation sites (N-methyl/N-ethyl adjacent to an activating group) is 1. The lowest BCUT2D eigenvalue weighted by Crippen LogP contribution is -2.58. The molecule has 0 amide bonds. The Morgan fingerprint density at radius 1 is 1.00 bits per heavy atom. The molecule has 0 aromatic carbocycles. The van der Waals surface area contributed by atoms with E-state index in [0.29, 0.717) is 19.3 Å². The Morgan fingerprint density at radius 2 is 1.64 bits per heavy atom. The van der Waals surface area contributed by atoms with Crippen LogP contribution in [0, 0.1) is 23.7 Å². The summed E-state index contributed by atoms with van der Waals surface area (Å²) in [6.45, 7) is 14.6. The fraction of sp³-hybridized carbons (Fsp3) is 0.903. The molecule has 3 fully saturated rings. The number of cyclic esters (lactones) is 1. The van der Waals surface area contributed by atoms with Crippen LogP contribution >= 0.6 is 0 Å². The van der Waals surface area contributed by atoms with Crippen molar-refractivity contribution in [1.82, 2.24) is 4.90 Å². The quantitative estimate of drug-likeness (QED) is 0.464. The molecule has 3 heterocycles.